The molecular weight excluding hydrogens is 226 g/mol. The molecule has 1 heterocycles. The second-order valence-electron chi connectivity index (χ2n) is 3.75. The first-order valence-corrected chi connectivity index (χ1v) is 6.90. The van der Waals surface area contributed by atoms with Crippen LogP contribution in [0.5, 0.6) is 0 Å². The minimum Gasteiger partial charge on any atom is -0.392 e. The molecule has 3 unspecified atom stereocenters. The number of hydrogen-bond acceptors (Lipinski definition) is 4. The Morgan fingerprint density at radius 1 is 1.47 bits per heavy atom. The van der Waals surface area contributed by atoms with E-state index in [0.29, 0.717) is 11.8 Å². The lowest BCUT2D eigenvalue weighted by molar-refractivity contribution is 0.196. The number of rotatable bonds is 5. The third-order valence-electron chi connectivity index (χ3n) is 2.35. The van der Waals surface area contributed by atoms with Crippen molar-refractivity contribution in [2.75, 3.05) is 6.54 Å². The first-order valence-electron chi connectivity index (χ1n) is 5.14. The Morgan fingerprint density at radius 3 is 2.53 bits per heavy atom. The van der Waals surface area contributed by atoms with Crippen molar-refractivity contribution < 1.29 is 5.11 Å². The zero-order valence-electron chi connectivity index (χ0n) is 9.43. The summed E-state index contributed by atoms with van der Waals surface area (Å²) in [6, 6.07) is 4.26. The molecule has 2 nitrogen and oxygen atoms in total. The Hall–Kier alpha value is -0.0300. The minimum atomic E-state index is -0.287. The number of aliphatic hydroxyl groups is 1. The maximum absolute atomic E-state index is 9.46. The van der Waals surface area contributed by atoms with Gasteiger partial charge < -0.3 is 10.8 Å². The molecule has 0 aliphatic carbocycles. The van der Waals surface area contributed by atoms with Gasteiger partial charge in [0.2, 0.25) is 0 Å². The van der Waals surface area contributed by atoms with Gasteiger partial charge in [-0.15, -0.1) is 23.1 Å². The molecule has 0 amide bonds. The summed E-state index contributed by atoms with van der Waals surface area (Å²) in [4.78, 5) is 2.63. The highest BCUT2D eigenvalue weighted by molar-refractivity contribution is 8.00. The molecule has 1 rings (SSSR count). The lowest BCUT2D eigenvalue weighted by Gasteiger charge is -2.20. The van der Waals surface area contributed by atoms with Crippen LogP contribution < -0.4 is 5.73 Å². The molecule has 0 bridgehead atoms. The monoisotopic (exact) mass is 245 g/mol. The van der Waals surface area contributed by atoms with Crippen LogP contribution in [0.25, 0.3) is 0 Å². The van der Waals surface area contributed by atoms with Gasteiger partial charge in [-0.3, -0.25) is 0 Å². The van der Waals surface area contributed by atoms with E-state index in [-0.39, 0.29) is 11.4 Å². The number of nitrogens with two attached hydrogens (primary N) is 1. The molecule has 15 heavy (non-hydrogen) atoms. The van der Waals surface area contributed by atoms with Crippen LogP contribution in [-0.2, 0) is 0 Å². The summed E-state index contributed by atoms with van der Waals surface area (Å²) in [5.74, 6) is 0. The molecule has 0 radical (unpaired) electrons. The van der Waals surface area contributed by atoms with E-state index in [1.807, 2.05) is 13.8 Å². The molecule has 86 valence electrons. The Kier molecular flexibility index (Phi) is 5.12. The van der Waals surface area contributed by atoms with Gasteiger partial charge in [-0.2, -0.15) is 0 Å². The topological polar surface area (TPSA) is 46.2 Å². The molecule has 1 aromatic rings. The third kappa shape index (κ3) is 3.79. The van der Waals surface area contributed by atoms with Crippen LogP contribution in [0.3, 0.4) is 0 Å². The second-order valence-corrected chi connectivity index (χ2v) is 6.66. The average Bonchev–Trinajstić information content (AvgIpc) is 2.60. The Labute approximate surface area is 99.9 Å². The van der Waals surface area contributed by atoms with Gasteiger partial charge in [-0.25, -0.2) is 0 Å². The largest absolute Gasteiger partial charge is 0.392 e. The van der Waals surface area contributed by atoms with Gasteiger partial charge in [0.1, 0.15) is 0 Å². The van der Waals surface area contributed by atoms with E-state index in [9.17, 15) is 5.11 Å². The van der Waals surface area contributed by atoms with Crippen molar-refractivity contribution in [2.45, 2.75) is 37.4 Å². The normalized spacial score (nSPS) is 17.4. The number of aliphatic hydroxyl groups excluding tert-OH is 1. The van der Waals surface area contributed by atoms with E-state index >= 15 is 0 Å². The highest BCUT2D eigenvalue weighted by Crippen LogP contribution is 2.36. The van der Waals surface area contributed by atoms with Crippen LogP contribution in [0.1, 0.15) is 28.9 Å². The molecule has 0 fully saturated rings. The van der Waals surface area contributed by atoms with Crippen LogP contribution in [0.4, 0.5) is 0 Å². The molecule has 4 heteroatoms. The Balaban J connectivity index is 2.64. The summed E-state index contributed by atoms with van der Waals surface area (Å²) in [6.45, 7) is 6.59. The fourth-order valence-corrected chi connectivity index (χ4v) is 3.49. The molecular formula is C11H19NOS2. The summed E-state index contributed by atoms with van der Waals surface area (Å²) < 4.78 is 0. The van der Waals surface area contributed by atoms with Gasteiger partial charge in [0.05, 0.1) is 11.4 Å². The quantitative estimate of drug-likeness (QED) is 0.838. The number of thiophene rings is 1. The molecule has 0 aliphatic rings. The summed E-state index contributed by atoms with van der Waals surface area (Å²) in [5, 5.41) is 10.00. The van der Waals surface area contributed by atoms with Crippen molar-refractivity contribution in [3.05, 3.63) is 21.9 Å². The van der Waals surface area contributed by atoms with Gasteiger partial charge >= 0.3 is 0 Å². The van der Waals surface area contributed by atoms with Gasteiger partial charge in [0.15, 0.2) is 0 Å². The maximum Gasteiger partial charge on any atom is 0.0628 e. The van der Waals surface area contributed by atoms with Crippen LogP contribution in [0, 0.1) is 6.92 Å². The van der Waals surface area contributed by atoms with Crippen LogP contribution in [0.15, 0.2) is 12.1 Å². The summed E-state index contributed by atoms with van der Waals surface area (Å²) in [5.41, 5.74) is 5.77. The maximum atomic E-state index is 9.46. The van der Waals surface area contributed by atoms with Crippen LogP contribution in [-0.4, -0.2) is 23.0 Å². The molecule has 3 N–H and O–H groups in total. The van der Waals surface area contributed by atoms with Crippen molar-refractivity contribution in [1.29, 1.82) is 0 Å². The van der Waals surface area contributed by atoms with Crippen molar-refractivity contribution in [2.24, 2.45) is 5.73 Å². The molecule has 0 aliphatic heterocycles. The van der Waals surface area contributed by atoms with Gasteiger partial charge in [-0.1, -0.05) is 6.92 Å². The molecule has 1 aromatic heterocycles. The molecule has 0 aromatic carbocycles. The van der Waals surface area contributed by atoms with Crippen LogP contribution >= 0.6 is 23.1 Å². The van der Waals surface area contributed by atoms with E-state index in [4.69, 9.17) is 5.73 Å². The van der Waals surface area contributed by atoms with Crippen molar-refractivity contribution in [3.8, 4) is 0 Å². The molecule has 0 spiro atoms. The number of hydrogen-bond donors (Lipinski definition) is 2. The Morgan fingerprint density at radius 2 is 2.13 bits per heavy atom. The third-order valence-corrected chi connectivity index (χ3v) is 5.21. The predicted octanol–water partition coefficient (Wildman–Crippen LogP) is 2.56. The van der Waals surface area contributed by atoms with Gasteiger partial charge in [0.25, 0.3) is 0 Å². The second kappa shape index (κ2) is 5.89. The van der Waals surface area contributed by atoms with E-state index in [1.165, 1.54) is 9.75 Å². The van der Waals surface area contributed by atoms with E-state index < -0.39 is 0 Å². The van der Waals surface area contributed by atoms with Crippen molar-refractivity contribution in [1.82, 2.24) is 0 Å². The van der Waals surface area contributed by atoms with Gasteiger partial charge in [0, 0.05) is 21.5 Å². The average molecular weight is 245 g/mol. The highest BCUT2D eigenvalue weighted by atomic mass is 32.2. The standard InChI is InChI=1S/C11H19NOS2/c1-7-4-5-10(14-7)11(6-12)15-9(3)8(2)13/h4-5,8-9,11,13H,6,12H2,1-3H3. The lowest BCUT2D eigenvalue weighted by atomic mass is 10.3. The fraction of sp³-hybridized carbons (Fsp3) is 0.636. The SMILES string of the molecule is Cc1ccc(C(CN)SC(C)C(C)O)s1. The zero-order chi connectivity index (χ0) is 11.4. The van der Waals surface area contributed by atoms with E-state index in [0.717, 1.165) is 0 Å². The smallest absolute Gasteiger partial charge is 0.0628 e. The molecule has 0 saturated heterocycles. The van der Waals surface area contributed by atoms with Crippen molar-refractivity contribution >= 4 is 23.1 Å². The number of aryl methyl sites for hydroxylation is 1. The molecule has 3 atom stereocenters. The Bertz CT molecular complexity index is 299. The number of thioether (sulfide) groups is 1. The van der Waals surface area contributed by atoms with E-state index in [1.54, 1.807) is 23.1 Å². The summed E-state index contributed by atoms with van der Waals surface area (Å²) in [7, 11) is 0. The minimum absolute atomic E-state index is 0.223. The first-order chi connectivity index (χ1) is 7.04. The zero-order valence-corrected chi connectivity index (χ0v) is 11.1. The lowest BCUT2D eigenvalue weighted by Crippen LogP contribution is -2.19. The van der Waals surface area contributed by atoms with Gasteiger partial charge in [-0.05, 0) is 26.0 Å². The summed E-state index contributed by atoms with van der Waals surface area (Å²) in [6.07, 6.45) is -0.287. The highest BCUT2D eigenvalue weighted by Gasteiger charge is 2.18. The first kappa shape index (κ1) is 13.0. The van der Waals surface area contributed by atoms with Crippen LogP contribution in [0.2, 0.25) is 0 Å². The fourth-order valence-electron chi connectivity index (χ4n) is 1.24. The molecule has 0 saturated carbocycles. The van der Waals surface area contributed by atoms with E-state index in [2.05, 4.69) is 19.1 Å². The summed E-state index contributed by atoms with van der Waals surface area (Å²) >= 11 is 3.55. The predicted molar refractivity (Wildman–Crippen MR) is 69.6 cm³/mol. The van der Waals surface area contributed by atoms with Crippen molar-refractivity contribution in [3.63, 3.8) is 0 Å².